The van der Waals surface area contributed by atoms with E-state index in [4.69, 9.17) is 9.47 Å². The predicted octanol–water partition coefficient (Wildman–Crippen LogP) is 4.68. The summed E-state index contributed by atoms with van der Waals surface area (Å²) in [5, 5.41) is 6.17. The number of rotatable bonds is 6. The number of amides is 1. The maximum absolute atomic E-state index is 12.2. The molecule has 0 fully saturated rings. The van der Waals surface area contributed by atoms with Crippen molar-refractivity contribution in [3.05, 3.63) is 71.8 Å². The molecule has 5 heteroatoms. The number of methoxy groups -OCH3 is 1. The van der Waals surface area contributed by atoms with E-state index < -0.39 is 0 Å². The minimum Gasteiger partial charge on any atom is -0.496 e. The first-order valence-corrected chi connectivity index (χ1v) is 9.50. The molecule has 0 atom stereocenters. The zero-order valence-electron chi connectivity index (χ0n) is 17.2. The van der Waals surface area contributed by atoms with Crippen molar-refractivity contribution in [3.63, 3.8) is 0 Å². The lowest BCUT2D eigenvalue weighted by Gasteiger charge is -2.22. The molecule has 0 radical (unpaired) electrons. The molecule has 3 aromatic carbocycles. The molecule has 0 heterocycles. The van der Waals surface area contributed by atoms with Crippen LogP contribution in [0.1, 0.15) is 31.9 Å². The Hall–Kier alpha value is -3.34. The number of nitrogens with zero attached hydrogens (tertiary/aromatic N) is 1. The van der Waals surface area contributed by atoms with E-state index in [0.29, 0.717) is 11.5 Å². The average molecular weight is 390 g/mol. The Morgan fingerprint density at radius 1 is 1.00 bits per heavy atom. The molecule has 1 amide bonds. The summed E-state index contributed by atoms with van der Waals surface area (Å²) in [5.41, 5.74) is 4.31. The number of ether oxygens (including phenoxy) is 2. The highest BCUT2D eigenvalue weighted by Crippen LogP contribution is 2.31. The maximum Gasteiger partial charge on any atom is 0.277 e. The molecule has 5 nitrogen and oxygen atoms in total. The fraction of sp³-hybridized carbons (Fsp3) is 0.250. The summed E-state index contributed by atoms with van der Waals surface area (Å²) < 4.78 is 11.2. The van der Waals surface area contributed by atoms with Gasteiger partial charge >= 0.3 is 0 Å². The van der Waals surface area contributed by atoms with Crippen LogP contribution in [0.15, 0.2) is 65.8 Å². The van der Waals surface area contributed by atoms with Crippen LogP contribution in [0.3, 0.4) is 0 Å². The van der Waals surface area contributed by atoms with Crippen molar-refractivity contribution >= 4 is 22.9 Å². The van der Waals surface area contributed by atoms with Crippen molar-refractivity contribution in [1.29, 1.82) is 0 Å². The highest BCUT2D eigenvalue weighted by molar-refractivity contribution is 6.02. The maximum atomic E-state index is 12.2. The standard InChI is InChI=1S/C24H26N2O3/c1-24(2,3)20-11-7-8-12-22(20)29-16-23(27)26-25-15-19-18-10-6-5-9-17(18)13-14-21(19)28-4/h5-15H,16H2,1-4H3,(H,26,27)/b25-15+. The predicted molar refractivity (Wildman–Crippen MR) is 117 cm³/mol. The zero-order chi connectivity index (χ0) is 20.9. The number of hydrogen-bond donors (Lipinski definition) is 1. The van der Waals surface area contributed by atoms with Gasteiger partial charge in [0, 0.05) is 5.56 Å². The Morgan fingerprint density at radius 3 is 2.48 bits per heavy atom. The van der Waals surface area contributed by atoms with E-state index in [1.165, 1.54) is 0 Å². The molecule has 0 aromatic heterocycles. The van der Waals surface area contributed by atoms with E-state index in [9.17, 15) is 4.79 Å². The Bertz CT molecular complexity index is 1040. The van der Waals surface area contributed by atoms with Crippen LogP contribution in [-0.4, -0.2) is 25.8 Å². The Labute approximate surface area is 171 Å². The third-order valence-electron chi connectivity index (χ3n) is 4.59. The van der Waals surface area contributed by atoms with Gasteiger partial charge in [0.05, 0.1) is 13.3 Å². The molecule has 0 unspecified atom stereocenters. The minimum atomic E-state index is -0.329. The molecule has 1 N–H and O–H groups in total. The van der Waals surface area contributed by atoms with Crippen molar-refractivity contribution in [2.24, 2.45) is 5.10 Å². The van der Waals surface area contributed by atoms with Crippen LogP contribution in [0, 0.1) is 0 Å². The second-order valence-electron chi connectivity index (χ2n) is 7.73. The van der Waals surface area contributed by atoms with Gasteiger partial charge in [0.15, 0.2) is 6.61 Å². The van der Waals surface area contributed by atoms with Crippen LogP contribution in [0.25, 0.3) is 10.8 Å². The van der Waals surface area contributed by atoms with Crippen molar-refractivity contribution in [1.82, 2.24) is 5.43 Å². The van der Waals surface area contributed by atoms with Gasteiger partial charge in [0.1, 0.15) is 11.5 Å². The fourth-order valence-corrected chi connectivity index (χ4v) is 3.14. The summed E-state index contributed by atoms with van der Waals surface area (Å²) in [6.07, 6.45) is 1.60. The fourth-order valence-electron chi connectivity index (χ4n) is 3.14. The Morgan fingerprint density at radius 2 is 1.72 bits per heavy atom. The minimum absolute atomic E-state index is 0.0733. The topological polar surface area (TPSA) is 59.9 Å². The van der Waals surface area contributed by atoms with E-state index in [1.54, 1.807) is 13.3 Å². The molecule has 3 rings (SSSR count). The number of nitrogens with one attached hydrogen (secondary N) is 1. The number of fused-ring (bicyclic) bond motifs is 1. The van der Waals surface area contributed by atoms with E-state index in [2.05, 4.69) is 31.3 Å². The highest BCUT2D eigenvalue weighted by Gasteiger charge is 2.18. The average Bonchev–Trinajstić information content (AvgIpc) is 2.72. The van der Waals surface area contributed by atoms with Gasteiger partial charge in [-0.3, -0.25) is 4.79 Å². The smallest absolute Gasteiger partial charge is 0.277 e. The second-order valence-corrected chi connectivity index (χ2v) is 7.73. The number of hydrogen-bond acceptors (Lipinski definition) is 4. The van der Waals surface area contributed by atoms with Crippen LogP contribution < -0.4 is 14.9 Å². The molecule has 0 saturated heterocycles. The van der Waals surface area contributed by atoms with Gasteiger partial charge in [-0.15, -0.1) is 0 Å². The van der Waals surface area contributed by atoms with Crippen LogP contribution in [0.4, 0.5) is 0 Å². The molecule has 0 aliphatic rings. The Balaban J connectivity index is 1.68. The molecule has 150 valence electrons. The molecule has 3 aromatic rings. The van der Waals surface area contributed by atoms with E-state index in [1.807, 2.05) is 60.7 Å². The molecule has 0 spiro atoms. The van der Waals surface area contributed by atoms with E-state index >= 15 is 0 Å². The number of para-hydroxylation sites is 1. The molecule has 0 saturated carbocycles. The van der Waals surface area contributed by atoms with Crippen molar-refractivity contribution in [3.8, 4) is 11.5 Å². The SMILES string of the molecule is COc1ccc2ccccc2c1/C=N/NC(=O)COc1ccccc1C(C)(C)C. The quantitative estimate of drug-likeness (QED) is 0.491. The molecule has 0 aliphatic heterocycles. The normalized spacial score (nSPS) is 11.6. The first kappa shape index (κ1) is 20.4. The number of carbonyl (C=O) groups excluding carboxylic acids is 1. The van der Waals surface area contributed by atoms with Crippen LogP contribution in [0.2, 0.25) is 0 Å². The first-order chi connectivity index (χ1) is 13.9. The number of hydrazone groups is 1. The van der Waals surface area contributed by atoms with Crippen molar-refractivity contribution in [2.75, 3.05) is 13.7 Å². The zero-order valence-corrected chi connectivity index (χ0v) is 17.2. The third kappa shape index (κ3) is 4.93. The van der Waals surface area contributed by atoms with Gasteiger partial charge in [-0.25, -0.2) is 5.43 Å². The van der Waals surface area contributed by atoms with Gasteiger partial charge in [0.25, 0.3) is 5.91 Å². The van der Waals surface area contributed by atoms with Gasteiger partial charge < -0.3 is 9.47 Å². The van der Waals surface area contributed by atoms with Crippen molar-refractivity contribution < 1.29 is 14.3 Å². The summed E-state index contributed by atoms with van der Waals surface area (Å²) in [7, 11) is 1.61. The van der Waals surface area contributed by atoms with Crippen molar-refractivity contribution in [2.45, 2.75) is 26.2 Å². The highest BCUT2D eigenvalue weighted by atomic mass is 16.5. The van der Waals surface area contributed by atoms with Crippen LogP contribution in [-0.2, 0) is 10.2 Å². The summed E-state index contributed by atoms with van der Waals surface area (Å²) in [4.78, 5) is 12.2. The third-order valence-corrected chi connectivity index (χ3v) is 4.59. The second kappa shape index (κ2) is 8.78. The molecule has 0 bridgehead atoms. The van der Waals surface area contributed by atoms with E-state index in [0.717, 1.165) is 21.9 Å². The molecular formula is C24H26N2O3. The van der Waals surface area contributed by atoms with Gasteiger partial charge in [-0.05, 0) is 33.9 Å². The number of benzene rings is 3. The first-order valence-electron chi connectivity index (χ1n) is 9.50. The van der Waals surface area contributed by atoms with Gasteiger partial charge in [0.2, 0.25) is 0 Å². The summed E-state index contributed by atoms with van der Waals surface area (Å²) >= 11 is 0. The van der Waals surface area contributed by atoms with Gasteiger partial charge in [-0.1, -0.05) is 69.3 Å². The van der Waals surface area contributed by atoms with Crippen LogP contribution in [0.5, 0.6) is 11.5 Å². The lowest BCUT2D eigenvalue weighted by molar-refractivity contribution is -0.123. The van der Waals surface area contributed by atoms with E-state index in [-0.39, 0.29) is 17.9 Å². The molecule has 0 aliphatic carbocycles. The summed E-state index contributed by atoms with van der Waals surface area (Å²) in [6, 6.07) is 19.6. The lowest BCUT2D eigenvalue weighted by atomic mass is 9.86. The monoisotopic (exact) mass is 390 g/mol. The largest absolute Gasteiger partial charge is 0.496 e. The van der Waals surface area contributed by atoms with Crippen LogP contribution >= 0.6 is 0 Å². The summed E-state index contributed by atoms with van der Waals surface area (Å²) in [5.74, 6) is 1.07. The molecular weight excluding hydrogens is 364 g/mol. The molecule has 29 heavy (non-hydrogen) atoms. The lowest BCUT2D eigenvalue weighted by Crippen LogP contribution is -2.25. The Kier molecular flexibility index (Phi) is 6.17. The van der Waals surface area contributed by atoms with Gasteiger partial charge in [-0.2, -0.15) is 5.10 Å². The number of carbonyl (C=O) groups is 1. The summed E-state index contributed by atoms with van der Waals surface area (Å²) in [6.45, 7) is 6.21.